The molecule has 1 amide bonds. The summed E-state index contributed by atoms with van der Waals surface area (Å²) in [7, 11) is 3.93. The molecule has 4 nitrogen and oxygen atoms in total. The molecule has 1 atom stereocenters. The molecule has 2 aromatic carbocycles. The van der Waals surface area contributed by atoms with Gasteiger partial charge in [0.25, 0.3) is 5.91 Å². The van der Waals surface area contributed by atoms with Crippen LogP contribution in [0.5, 0.6) is 0 Å². The standard InChI is InChI=1S/C18H21N3O/c1-14(15-7-5-4-6-8-15)13-19-20-18(22)16-9-11-17(12-10-16)21(2)3/h4-14H,1-3H3,(H,20,22). The maximum atomic E-state index is 12.0. The third kappa shape index (κ3) is 4.19. The lowest BCUT2D eigenvalue weighted by molar-refractivity contribution is 0.0955. The number of nitrogens with zero attached hydrogens (tertiary/aromatic N) is 2. The number of nitrogens with one attached hydrogen (secondary N) is 1. The zero-order valence-corrected chi connectivity index (χ0v) is 13.2. The van der Waals surface area contributed by atoms with E-state index in [1.54, 1.807) is 18.3 Å². The molecule has 1 unspecified atom stereocenters. The van der Waals surface area contributed by atoms with Crippen LogP contribution in [-0.4, -0.2) is 26.2 Å². The normalized spacial score (nSPS) is 12.1. The molecule has 1 N–H and O–H groups in total. The van der Waals surface area contributed by atoms with Crippen molar-refractivity contribution in [2.24, 2.45) is 5.10 Å². The van der Waals surface area contributed by atoms with Crippen LogP contribution in [-0.2, 0) is 0 Å². The molecule has 0 radical (unpaired) electrons. The van der Waals surface area contributed by atoms with Crippen LogP contribution in [0.15, 0.2) is 59.7 Å². The Kier molecular flexibility index (Phi) is 5.31. The summed E-state index contributed by atoms with van der Waals surface area (Å²) in [6.07, 6.45) is 1.74. The number of carbonyl (C=O) groups is 1. The maximum absolute atomic E-state index is 12.0. The van der Waals surface area contributed by atoms with Gasteiger partial charge in [0.15, 0.2) is 0 Å². The first kappa shape index (κ1) is 15.8. The number of benzene rings is 2. The van der Waals surface area contributed by atoms with Crippen LogP contribution in [0.25, 0.3) is 0 Å². The van der Waals surface area contributed by atoms with Gasteiger partial charge in [0.05, 0.1) is 0 Å². The van der Waals surface area contributed by atoms with Crippen LogP contribution in [0.1, 0.15) is 28.8 Å². The lowest BCUT2D eigenvalue weighted by Crippen LogP contribution is -2.18. The molecule has 0 aliphatic rings. The Morgan fingerprint density at radius 3 is 2.32 bits per heavy atom. The van der Waals surface area contributed by atoms with Gasteiger partial charge in [-0.25, -0.2) is 5.43 Å². The van der Waals surface area contributed by atoms with Gasteiger partial charge in [-0.2, -0.15) is 5.10 Å². The van der Waals surface area contributed by atoms with Crippen molar-refractivity contribution < 1.29 is 4.79 Å². The number of hydrazone groups is 1. The van der Waals surface area contributed by atoms with Gasteiger partial charge in [0.1, 0.15) is 0 Å². The van der Waals surface area contributed by atoms with E-state index in [0.717, 1.165) is 11.3 Å². The summed E-state index contributed by atoms with van der Waals surface area (Å²) >= 11 is 0. The van der Waals surface area contributed by atoms with Crippen molar-refractivity contribution in [3.63, 3.8) is 0 Å². The van der Waals surface area contributed by atoms with Gasteiger partial charge in [0, 0.05) is 37.5 Å². The summed E-state index contributed by atoms with van der Waals surface area (Å²) in [5.74, 6) is -0.0561. The highest BCUT2D eigenvalue weighted by Crippen LogP contribution is 2.13. The minimum Gasteiger partial charge on any atom is -0.378 e. The van der Waals surface area contributed by atoms with Crippen LogP contribution in [0, 0.1) is 0 Å². The predicted molar refractivity (Wildman–Crippen MR) is 91.6 cm³/mol. The van der Waals surface area contributed by atoms with Crippen LogP contribution < -0.4 is 10.3 Å². The summed E-state index contributed by atoms with van der Waals surface area (Å²) in [4.78, 5) is 14.0. The fraction of sp³-hybridized carbons (Fsp3) is 0.222. The van der Waals surface area contributed by atoms with Crippen molar-refractivity contribution >= 4 is 17.8 Å². The number of hydrogen-bond acceptors (Lipinski definition) is 3. The topological polar surface area (TPSA) is 44.7 Å². The number of amides is 1. The molecule has 0 aromatic heterocycles. The van der Waals surface area contributed by atoms with Gasteiger partial charge in [-0.15, -0.1) is 0 Å². The first-order chi connectivity index (χ1) is 10.6. The van der Waals surface area contributed by atoms with E-state index in [1.165, 1.54) is 0 Å². The van der Waals surface area contributed by atoms with Crippen LogP contribution in [0.4, 0.5) is 5.69 Å². The second-order valence-corrected chi connectivity index (χ2v) is 5.36. The molecule has 0 bridgehead atoms. The van der Waals surface area contributed by atoms with E-state index in [4.69, 9.17) is 0 Å². The number of carbonyl (C=O) groups excluding carboxylic acids is 1. The van der Waals surface area contributed by atoms with E-state index < -0.39 is 0 Å². The fourth-order valence-electron chi connectivity index (χ4n) is 2.03. The zero-order chi connectivity index (χ0) is 15.9. The van der Waals surface area contributed by atoms with E-state index in [0.29, 0.717) is 5.56 Å². The van der Waals surface area contributed by atoms with Crippen LogP contribution in [0.3, 0.4) is 0 Å². The lowest BCUT2D eigenvalue weighted by Gasteiger charge is -2.12. The summed E-state index contributed by atoms with van der Waals surface area (Å²) in [6, 6.07) is 17.4. The number of rotatable bonds is 5. The van der Waals surface area contributed by atoms with E-state index in [1.807, 2.05) is 68.4 Å². The Balaban J connectivity index is 1.93. The Morgan fingerprint density at radius 1 is 1.09 bits per heavy atom. The highest BCUT2D eigenvalue weighted by Gasteiger charge is 2.05. The first-order valence-corrected chi connectivity index (χ1v) is 7.24. The van der Waals surface area contributed by atoms with Crippen molar-refractivity contribution in [2.45, 2.75) is 12.8 Å². The van der Waals surface area contributed by atoms with Gasteiger partial charge >= 0.3 is 0 Å². The van der Waals surface area contributed by atoms with Crippen molar-refractivity contribution in [2.75, 3.05) is 19.0 Å². The van der Waals surface area contributed by atoms with Crippen LogP contribution in [0.2, 0.25) is 0 Å². The monoisotopic (exact) mass is 295 g/mol. The molecule has 0 aliphatic carbocycles. The molecule has 4 heteroatoms. The lowest BCUT2D eigenvalue weighted by atomic mass is 10.0. The molecular formula is C18H21N3O. The zero-order valence-electron chi connectivity index (χ0n) is 13.2. The van der Waals surface area contributed by atoms with Gasteiger partial charge in [0.2, 0.25) is 0 Å². The van der Waals surface area contributed by atoms with Crippen molar-refractivity contribution in [1.82, 2.24) is 5.43 Å². The number of anilines is 1. The minimum absolute atomic E-state index is 0.151. The molecule has 0 spiro atoms. The van der Waals surface area contributed by atoms with Gasteiger partial charge < -0.3 is 4.90 Å². The van der Waals surface area contributed by atoms with Crippen molar-refractivity contribution in [3.05, 3.63) is 65.7 Å². The molecule has 2 rings (SSSR count). The molecule has 0 heterocycles. The van der Waals surface area contributed by atoms with E-state index in [9.17, 15) is 4.79 Å². The van der Waals surface area contributed by atoms with Gasteiger partial charge in [-0.05, 0) is 29.8 Å². The van der Waals surface area contributed by atoms with Crippen molar-refractivity contribution in [3.8, 4) is 0 Å². The van der Waals surface area contributed by atoms with E-state index in [2.05, 4.69) is 10.5 Å². The Labute approximate surface area is 131 Å². The SMILES string of the molecule is CC(C=NNC(=O)c1ccc(N(C)C)cc1)c1ccccc1. The molecule has 0 saturated carbocycles. The summed E-state index contributed by atoms with van der Waals surface area (Å²) in [6.45, 7) is 2.04. The first-order valence-electron chi connectivity index (χ1n) is 7.24. The average Bonchev–Trinajstić information content (AvgIpc) is 2.55. The largest absolute Gasteiger partial charge is 0.378 e. The third-order valence-corrected chi connectivity index (χ3v) is 3.44. The predicted octanol–water partition coefficient (Wildman–Crippen LogP) is 3.27. The third-order valence-electron chi connectivity index (χ3n) is 3.44. The second kappa shape index (κ2) is 7.41. The Morgan fingerprint density at radius 2 is 1.73 bits per heavy atom. The minimum atomic E-state index is -0.207. The molecule has 0 fully saturated rings. The highest BCUT2D eigenvalue weighted by molar-refractivity contribution is 5.94. The Hall–Kier alpha value is -2.62. The summed E-state index contributed by atoms with van der Waals surface area (Å²) < 4.78 is 0. The second-order valence-electron chi connectivity index (χ2n) is 5.36. The maximum Gasteiger partial charge on any atom is 0.271 e. The fourth-order valence-corrected chi connectivity index (χ4v) is 2.03. The highest BCUT2D eigenvalue weighted by atomic mass is 16.2. The van der Waals surface area contributed by atoms with E-state index >= 15 is 0 Å². The molecule has 22 heavy (non-hydrogen) atoms. The van der Waals surface area contributed by atoms with Crippen molar-refractivity contribution in [1.29, 1.82) is 0 Å². The molecular weight excluding hydrogens is 274 g/mol. The van der Waals surface area contributed by atoms with E-state index in [-0.39, 0.29) is 11.8 Å². The van der Waals surface area contributed by atoms with Gasteiger partial charge in [-0.3, -0.25) is 4.79 Å². The van der Waals surface area contributed by atoms with Gasteiger partial charge in [-0.1, -0.05) is 37.3 Å². The average molecular weight is 295 g/mol. The quantitative estimate of drug-likeness (QED) is 0.679. The smallest absolute Gasteiger partial charge is 0.271 e. The molecule has 0 aliphatic heterocycles. The molecule has 0 saturated heterocycles. The molecule has 114 valence electrons. The summed E-state index contributed by atoms with van der Waals surface area (Å²) in [5, 5.41) is 4.05. The summed E-state index contributed by atoms with van der Waals surface area (Å²) in [5.41, 5.74) is 5.37. The van der Waals surface area contributed by atoms with Crippen LogP contribution >= 0.6 is 0 Å². The molecule has 2 aromatic rings. The number of hydrogen-bond donors (Lipinski definition) is 1. The Bertz CT molecular complexity index is 633.